The molecule has 0 spiro atoms. The van der Waals surface area contributed by atoms with E-state index in [-0.39, 0.29) is 29.5 Å². The van der Waals surface area contributed by atoms with E-state index in [9.17, 15) is 19.8 Å². The first-order chi connectivity index (χ1) is 18.5. The molecule has 0 bridgehead atoms. The Morgan fingerprint density at radius 1 is 0.658 bits per heavy atom. The first kappa shape index (κ1) is 20.4. The maximum absolute atomic E-state index is 13.8. The number of hydrogen-bond donors (Lipinski definition) is 2. The molecule has 0 saturated heterocycles. The molecule has 2 N–H and O–H groups in total. The lowest BCUT2D eigenvalue weighted by Gasteiger charge is -2.30. The third-order valence-electron chi connectivity index (χ3n) is 9.05. The lowest BCUT2D eigenvalue weighted by atomic mass is 9.73. The van der Waals surface area contributed by atoms with Crippen LogP contribution in [0.4, 0.5) is 0 Å². The standard InChI is InChI=1S/C34H20O4/c35-24-7-3-6-19-21(24)11-16-8-9-20-23-14-26(37)30-18-5-2-1-4-15(18)10-17-12-25(36)33(32(23)29(17)30)34-27(38)13-22(19)28(16)31(20)34/h1-6,8-9,12-13,36,38H,7,10-11,14H2. The summed E-state index contributed by atoms with van der Waals surface area (Å²) in [6.45, 7) is 0. The molecule has 0 aliphatic heterocycles. The van der Waals surface area contributed by atoms with Crippen LogP contribution in [0.1, 0.15) is 39.8 Å². The fourth-order valence-corrected chi connectivity index (χ4v) is 7.60. The molecule has 0 heterocycles. The summed E-state index contributed by atoms with van der Waals surface area (Å²) in [7, 11) is 0. The van der Waals surface area contributed by atoms with Gasteiger partial charge in [-0.05, 0) is 78.9 Å². The molecular weight excluding hydrogens is 472 g/mol. The van der Waals surface area contributed by atoms with Crippen molar-refractivity contribution in [2.45, 2.75) is 25.7 Å². The minimum atomic E-state index is 0.0753. The van der Waals surface area contributed by atoms with Crippen molar-refractivity contribution in [1.82, 2.24) is 0 Å². The molecule has 4 aliphatic rings. The van der Waals surface area contributed by atoms with Gasteiger partial charge in [0.15, 0.2) is 11.6 Å². The highest BCUT2D eigenvalue weighted by Gasteiger charge is 2.34. The van der Waals surface area contributed by atoms with Crippen molar-refractivity contribution >= 4 is 55.0 Å². The monoisotopic (exact) mass is 492 g/mol. The van der Waals surface area contributed by atoms with Crippen molar-refractivity contribution in [3.8, 4) is 11.5 Å². The van der Waals surface area contributed by atoms with Gasteiger partial charge in [-0.2, -0.15) is 0 Å². The number of fused-ring (bicyclic) bond motifs is 5. The van der Waals surface area contributed by atoms with Crippen LogP contribution >= 0.6 is 0 Å². The number of phenols is 2. The molecular formula is C34H20O4. The second kappa shape index (κ2) is 6.59. The van der Waals surface area contributed by atoms with Gasteiger partial charge in [-0.15, -0.1) is 0 Å². The van der Waals surface area contributed by atoms with Crippen molar-refractivity contribution < 1.29 is 19.8 Å². The molecule has 5 aromatic carbocycles. The number of benzene rings is 5. The zero-order valence-corrected chi connectivity index (χ0v) is 20.3. The second-order valence-electron chi connectivity index (χ2n) is 10.9. The number of ketones is 2. The van der Waals surface area contributed by atoms with Gasteiger partial charge in [0.2, 0.25) is 0 Å². The van der Waals surface area contributed by atoms with Crippen molar-refractivity contribution in [2.75, 3.05) is 0 Å². The third-order valence-corrected chi connectivity index (χ3v) is 9.05. The fraction of sp³-hybridized carbons (Fsp3) is 0.118. The summed E-state index contributed by atoms with van der Waals surface area (Å²) in [4.78, 5) is 26.6. The topological polar surface area (TPSA) is 74.6 Å². The summed E-state index contributed by atoms with van der Waals surface area (Å²) < 4.78 is 0. The van der Waals surface area contributed by atoms with E-state index < -0.39 is 0 Å². The minimum Gasteiger partial charge on any atom is -0.507 e. The van der Waals surface area contributed by atoms with E-state index in [1.165, 1.54) is 0 Å². The first-order valence-corrected chi connectivity index (χ1v) is 13.0. The van der Waals surface area contributed by atoms with Crippen molar-refractivity contribution in [3.05, 3.63) is 105 Å². The number of Topliss-reactive ketones (excluding diaryl/α,β-unsaturated/α-hetero) is 2. The number of allylic oxidation sites excluding steroid dienone is 4. The Balaban J connectivity index is 1.55. The zero-order chi connectivity index (χ0) is 25.4. The third kappa shape index (κ3) is 2.24. The SMILES string of the molecule is O=C1CC=CC2=C1Cc1ccc3c4c5c6c(cc(O)c5c5c(O)cc2c1c35)Cc1ccccc1C=6C(=O)C4. The molecule has 0 unspecified atom stereocenters. The molecule has 5 aromatic rings. The highest BCUT2D eigenvalue weighted by molar-refractivity contribution is 6.34. The van der Waals surface area contributed by atoms with Crippen LogP contribution in [0.5, 0.6) is 11.5 Å². The van der Waals surface area contributed by atoms with Crippen molar-refractivity contribution in [1.29, 1.82) is 0 Å². The van der Waals surface area contributed by atoms with Gasteiger partial charge in [0.1, 0.15) is 11.5 Å². The molecule has 9 rings (SSSR count). The molecule has 4 heteroatoms. The normalized spacial score (nSPS) is 17.1. The summed E-state index contributed by atoms with van der Waals surface area (Å²) in [5, 5.41) is 28.9. The lowest BCUT2D eigenvalue weighted by molar-refractivity contribution is -0.115. The van der Waals surface area contributed by atoms with Gasteiger partial charge in [-0.1, -0.05) is 48.6 Å². The molecule has 0 fully saturated rings. The average Bonchev–Trinajstić information content (AvgIpc) is 2.91. The molecule has 180 valence electrons. The number of aromatic hydroxyl groups is 2. The van der Waals surface area contributed by atoms with Gasteiger partial charge in [0.25, 0.3) is 0 Å². The molecule has 0 radical (unpaired) electrons. The molecule has 4 aliphatic carbocycles. The lowest BCUT2D eigenvalue weighted by Crippen LogP contribution is -2.30. The first-order valence-electron chi connectivity index (χ1n) is 13.0. The number of phenolic OH excluding ortho intramolecular Hbond substituents is 2. The predicted molar refractivity (Wildman–Crippen MR) is 147 cm³/mol. The van der Waals surface area contributed by atoms with Crippen molar-refractivity contribution in [3.63, 3.8) is 0 Å². The number of rotatable bonds is 0. The van der Waals surface area contributed by atoms with Gasteiger partial charge in [-0.25, -0.2) is 0 Å². The highest BCUT2D eigenvalue weighted by atomic mass is 16.3. The second-order valence-corrected chi connectivity index (χ2v) is 10.9. The Bertz CT molecular complexity index is 2170. The van der Waals surface area contributed by atoms with Crippen molar-refractivity contribution in [2.24, 2.45) is 0 Å². The fourth-order valence-electron chi connectivity index (χ4n) is 7.60. The maximum atomic E-state index is 13.8. The average molecular weight is 493 g/mol. The van der Waals surface area contributed by atoms with Crippen LogP contribution in [0.15, 0.2) is 66.3 Å². The highest BCUT2D eigenvalue weighted by Crippen LogP contribution is 2.51. The van der Waals surface area contributed by atoms with Gasteiger partial charge in [0.05, 0.1) is 0 Å². The Morgan fingerprint density at radius 3 is 2.37 bits per heavy atom. The quantitative estimate of drug-likeness (QED) is 0.226. The largest absolute Gasteiger partial charge is 0.507 e. The Hall–Kier alpha value is -4.70. The number of carbonyl (C=O) groups is 2. The predicted octanol–water partition coefficient (Wildman–Crippen LogP) is 5.34. The van der Waals surface area contributed by atoms with Crippen LogP contribution < -0.4 is 5.22 Å². The van der Waals surface area contributed by atoms with Crippen LogP contribution in [0, 0.1) is 0 Å². The van der Waals surface area contributed by atoms with Crippen LogP contribution in [0.3, 0.4) is 0 Å². The van der Waals surface area contributed by atoms with Crippen LogP contribution in [-0.2, 0) is 28.9 Å². The molecule has 0 aromatic heterocycles. The van der Waals surface area contributed by atoms with Crippen LogP contribution in [0.2, 0.25) is 0 Å². The van der Waals surface area contributed by atoms with Gasteiger partial charge in [0, 0.05) is 46.6 Å². The molecule has 0 amide bonds. The van der Waals surface area contributed by atoms with E-state index in [1.54, 1.807) is 12.1 Å². The van der Waals surface area contributed by atoms with E-state index >= 15 is 0 Å². The summed E-state index contributed by atoms with van der Waals surface area (Å²) in [6.07, 6.45) is 5.68. The maximum Gasteiger partial charge on any atom is 0.168 e. The molecule has 0 saturated carbocycles. The van der Waals surface area contributed by atoms with E-state index in [1.807, 2.05) is 42.5 Å². The summed E-state index contributed by atoms with van der Waals surface area (Å²) in [5.41, 5.74) is 8.14. The molecule has 4 nitrogen and oxygen atoms in total. The van der Waals surface area contributed by atoms with Crippen LogP contribution in [-0.4, -0.2) is 21.8 Å². The Labute approximate surface area is 216 Å². The Morgan fingerprint density at radius 2 is 1.47 bits per heavy atom. The van der Waals surface area contributed by atoms with Gasteiger partial charge in [-0.3, -0.25) is 9.59 Å². The van der Waals surface area contributed by atoms with E-state index in [0.29, 0.717) is 30.0 Å². The smallest absolute Gasteiger partial charge is 0.168 e. The summed E-state index contributed by atoms with van der Waals surface area (Å²) in [5.74, 6) is 0.392. The van der Waals surface area contributed by atoms with E-state index in [4.69, 9.17) is 0 Å². The summed E-state index contributed by atoms with van der Waals surface area (Å²) >= 11 is 0. The number of carbonyl (C=O) groups excluding carboxylic acids is 2. The van der Waals surface area contributed by atoms with Gasteiger partial charge >= 0.3 is 0 Å². The summed E-state index contributed by atoms with van der Waals surface area (Å²) in [6, 6.07) is 15.7. The van der Waals surface area contributed by atoms with Crippen LogP contribution in [0.25, 0.3) is 43.5 Å². The van der Waals surface area contributed by atoms with E-state index in [2.05, 4.69) is 6.07 Å². The van der Waals surface area contributed by atoms with Gasteiger partial charge < -0.3 is 10.2 Å². The molecule has 38 heavy (non-hydrogen) atoms. The zero-order valence-electron chi connectivity index (χ0n) is 20.3. The minimum absolute atomic E-state index is 0.0753. The van der Waals surface area contributed by atoms with E-state index in [0.717, 1.165) is 76.9 Å². The Kier molecular flexibility index (Phi) is 3.53. The number of hydrogen-bond acceptors (Lipinski definition) is 4. The molecule has 0 atom stereocenters.